The molecule has 1 amide bonds. The zero-order valence-electron chi connectivity index (χ0n) is 15.5. The highest BCUT2D eigenvalue weighted by Gasteiger charge is 2.17. The Balaban J connectivity index is 1.73. The monoisotopic (exact) mass is 389 g/mol. The molecule has 0 aliphatic heterocycles. The first kappa shape index (κ1) is 18.3. The van der Waals surface area contributed by atoms with Crippen LogP contribution in [0.15, 0.2) is 72.8 Å². The van der Waals surface area contributed by atoms with E-state index in [2.05, 4.69) is 12.2 Å². The molecule has 1 N–H and O–H groups in total. The number of anilines is 1. The third-order valence-electron chi connectivity index (χ3n) is 4.74. The molecule has 3 aromatic carbocycles. The zero-order valence-corrected chi connectivity index (χ0v) is 16.3. The number of halogens is 1. The third-order valence-corrected chi connectivity index (χ3v) is 5.07. The van der Waals surface area contributed by atoms with Crippen molar-refractivity contribution >= 4 is 34.2 Å². The van der Waals surface area contributed by atoms with E-state index in [0.717, 1.165) is 34.3 Å². The number of amides is 1. The summed E-state index contributed by atoms with van der Waals surface area (Å²) in [5, 5.41) is 3.64. The van der Waals surface area contributed by atoms with Crippen LogP contribution in [-0.4, -0.2) is 15.5 Å². The first-order valence-electron chi connectivity index (χ1n) is 9.25. The second-order valence-electron chi connectivity index (χ2n) is 6.55. The van der Waals surface area contributed by atoms with Gasteiger partial charge in [-0.2, -0.15) is 0 Å². The van der Waals surface area contributed by atoms with Crippen molar-refractivity contribution in [3.05, 3.63) is 83.4 Å². The van der Waals surface area contributed by atoms with E-state index in [-0.39, 0.29) is 12.5 Å². The van der Waals surface area contributed by atoms with Crippen molar-refractivity contribution in [2.45, 2.75) is 19.9 Å². The Labute approximate surface area is 168 Å². The second-order valence-corrected chi connectivity index (χ2v) is 6.96. The van der Waals surface area contributed by atoms with Crippen LogP contribution in [0.4, 0.5) is 5.69 Å². The van der Waals surface area contributed by atoms with Gasteiger partial charge in [0, 0.05) is 11.3 Å². The van der Waals surface area contributed by atoms with Gasteiger partial charge in [0.25, 0.3) is 0 Å². The van der Waals surface area contributed by atoms with Crippen LogP contribution in [-0.2, 0) is 17.8 Å². The number of nitrogens with one attached hydrogen (secondary N) is 1. The lowest BCUT2D eigenvalue weighted by molar-refractivity contribution is -0.116. The fraction of sp³-hybridized carbons (Fsp3) is 0.130. The molecule has 0 fully saturated rings. The molecule has 5 heteroatoms. The molecule has 0 saturated heterocycles. The number of para-hydroxylation sites is 3. The number of imidazole rings is 1. The maximum absolute atomic E-state index is 12.9. The minimum absolute atomic E-state index is 0.0997. The molecule has 140 valence electrons. The van der Waals surface area contributed by atoms with Gasteiger partial charge in [-0.1, -0.05) is 61.0 Å². The largest absolute Gasteiger partial charge is 0.324 e. The van der Waals surface area contributed by atoms with Crippen LogP contribution in [0.2, 0.25) is 5.02 Å². The Morgan fingerprint density at radius 1 is 1.00 bits per heavy atom. The number of hydrogen-bond acceptors (Lipinski definition) is 2. The molecule has 4 aromatic rings. The molecule has 0 aliphatic rings. The molecule has 1 aromatic heterocycles. The summed E-state index contributed by atoms with van der Waals surface area (Å²) in [5.41, 5.74) is 4.49. The number of carbonyl (C=O) groups is 1. The molecule has 4 rings (SSSR count). The van der Waals surface area contributed by atoms with Crippen molar-refractivity contribution in [2.24, 2.45) is 0 Å². The molecule has 0 spiro atoms. The summed E-state index contributed by atoms with van der Waals surface area (Å²) in [6.45, 7) is 2.23. The minimum atomic E-state index is -0.0997. The van der Waals surface area contributed by atoms with Gasteiger partial charge in [-0.05, 0) is 42.3 Å². The van der Waals surface area contributed by atoms with E-state index >= 15 is 0 Å². The smallest absolute Gasteiger partial charge is 0.244 e. The highest BCUT2D eigenvalue weighted by molar-refractivity contribution is 6.33. The maximum atomic E-state index is 12.9. The van der Waals surface area contributed by atoms with E-state index in [4.69, 9.17) is 16.6 Å². The molecular formula is C23H20ClN3O. The van der Waals surface area contributed by atoms with E-state index in [1.807, 2.05) is 77.4 Å². The topological polar surface area (TPSA) is 46.9 Å². The van der Waals surface area contributed by atoms with Crippen LogP contribution in [0.25, 0.3) is 22.4 Å². The van der Waals surface area contributed by atoms with E-state index in [1.165, 1.54) is 0 Å². The van der Waals surface area contributed by atoms with Crippen LogP contribution in [0.5, 0.6) is 0 Å². The van der Waals surface area contributed by atoms with Gasteiger partial charge in [0.2, 0.25) is 5.91 Å². The Kier molecular flexibility index (Phi) is 5.13. The summed E-state index contributed by atoms with van der Waals surface area (Å²) in [4.78, 5) is 17.6. The first-order chi connectivity index (χ1) is 13.7. The van der Waals surface area contributed by atoms with Gasteiger partial charge < -0.3 is 9.88 Å². The van der Waals surface area contributed by atoms with Gasteiger partial charge in [-0.3, -0.25) is 4.79 Å². The standard InChI is InChI=1S/C23H20ClN3O/c1-2-16-9-3-6-12-19(16)25-22(28)15-27-21-14-8-7-13-20(21)26-23(27)17-10-4-5-11-18(17)24/h3-14H,2,15H2,1H3,(H,25,28). The first-order valence-corrected chi connectivity index (χ1v) is 9.63. The van der Waals surface area contributed by atoms with Crippen molar-refractivity contribution in [1.82, 2.24) is 9.55 Å². The summed E-state index contributed by atoms with van der Waals surface area (Å²) < 4.78 is 1.92. The van der Waals surface area contributed by atoms with E-state index < -0.39 is 0 Å². The average Bonchev–Trinajstić information content (AvgIpc) is 3.07. The summed E-state index contributed by atoms with van der Waals surface area (Å²) in [6, 6.07) is 23.2. The minimum Gasteiger partial charge on any atom is -0.324 e. The molecule has 0 unspecified atom stereocenters. The zero-order chi connectivity index (χ0) is 19.5. The number of carbonyl (C=O) groups excluding carboxylic acids is 1. The number of fused-ring (bicyclic) bond motifs is 1. The third kappa shape index (κ3) is 3.51. The molecule has 4 nitrogen and oxygen atoms in total. The van der Waals surface area contributed by atoms with Crippen molar-refractivity contribution in [1.29, 1.82) is 0 Å². The summed E-state index contributed by atoms with van der Waals surface area (Å²) in [6.07, 6.45) is 0.856. The highest BCUT2D eigenvalue weighted by atomic mass is 35.5. The summed E-state index contributed by atoms with van der Waals surface area (Å²) in [5.74, 6) is 0.586. The molecule has 0 aliphatic carbocycles. The van der Waals surface area contributed by atoms with Crippen LogP contribution >= 0.6 is 11.6 Å². The highest BCUT2D eigenvalue weighted by Crippen LogP contribution is 2.30. The number of rotatable bonds is 5. The van der Waals surface area contributed by atoms with Gasteiger partial charge in [0.1, 0.15) is 12.4 Å². The molecule has 0 saturated carbocycles. The molecular weight excluding hydrogens is 370 g/mol. The maximum Gasteiger partial charge on any atom is 0.244 e. The van der Waals surface area contributed by atoms with E-state index in [1.54, 1.807) is 0 Å². The lowest BCUT2D eigenvalue weighted by Gasteiger charge is -2.13. The predicted octanol–water partition coefficient (Wildman–Crippen LogP) is 5.56. The quantitative estimate of drug-likeness (QED) is 0.486. The number of nitrogens with zero attached hydrogens (tertiary/aromatic N) is 2. The molecule has 0 bridgehead atoms. The molecule has 1 heterocycles. The van der Waals surface area contributed by atoms with Crippen molar-refractivity contribution < 1.29 is 4.79 Å². The van der Waals surface area contributed by atoms with Crippen molar-refractivity contribution in [3.63, 3.8) is 0 Å². The molecule has 0 atom stereocenters. The SMILES string of the molecule is CCc1ccccc1NC(=O)Cn1c(-c2ccccc2Cl)nc2ccccc21. The second kappa shape index (κ2) is 7.87. The molecule has 0 radical (unpaired) electrons. The van der Waals surface area contributed by atoms with Gasteiger partial charge >= 0.3 is 0 Å². The Hall–Kier alpha value is -3.11. The van der Waals surface area contributed by atoms with Crippen LogP contribution in [0, 0.1) is 0 Å². The predicted molar refractivity (Wildman–Crippen MR) is 115 cm³/mol. The van der Waals surface area contributed by atoms with Crippen molar-refractivity contribution in [2.75, 3.05) is 5.32 Å². The lowest BCUT2D eigenvalue weighted by atomic mass is 10.1. The van der Waals surface area contributed by atoms with E-state index in [0.29, 0.717) is 10.8 Å². The Morgan fingerprint density at radius 3 is 2.54 bits per heavy atom. The number of benzene rings is 3. The van der Waals surface area contributed by atoms with Crippen LogP contribution in [0.1, 0.15) is 12.5 Å². The number of aromatic nitrogens is 2. The van der Waals surface area contributed by atoms with Gasteiger partial charge in [-0.15, -0.1) is 0 Å². The average molecular weight is 390 g/mol. The van der Waals surface area contributed by atoms with Gasteiger partial charge in [0.15, 0.2) is 0 Å². The van der Waals surface area contributed by atoms with E-state index in [9.17, 15) is 4.79 Å². The number of aryl methyl sites for hydroxylation is 1. The fourth-order valence-corrected chi connectivity index (χ4v) is 3.59. The van der Waals surface area contributed by atoms with Crippen LogP contribution in [0.3, 0.4) is 0 Å². The summed E-state index contributed by atoms with van der Waals surface area (Å²) >= 11 is 6.41. The lowest BCUT2D eigenvalue weighted by Crippen LogP contribution is -2.20. The normalized spacial score (nSPS) is 10.9. The Bertz CT molecular complexity index is 1150. The van der Waals surface area contributed by atoms with Crippen LogP contribution < -0.4 is 5.32 Å². The van der Waals surface area contributed by atoms with Gasteiger partial charge in [-0.25, -0.2) is 4.98 Å². The van der Waals surface area contributed by atoms with Gasteiger partial charge in [0.05, 0.1) is 16.1 Å². The summed E-state index contributed by atoms with van der Waals surface area (Å²) in [7, 11) is 0. The number of hydrogen-bond donors (Lipinski definition) is 1. The Morgan fingerprint density at radius 2 is 1.71 bits per heavy atom. The molecule has 28 heavy (non-hydrogen) atoms. The van der Waals surface area contributed by atoms with Crippen molar-refractivity contribution in [3.8, 4) is 11.4 Å². The fourth-order valence-electron chi connectivity index (χ4n) is 3.37.